The Labute approximate surface area is 168 Å². The molecule has 0 spiro atoms. The predicted molar refractivity (Wildman–Crippen MR) is 106 cm³/mol. The van der Waals surface area contributed by atoms with Gasteiger partial charge in [-0.2, -0.15) is 0 Å². The van der Waals surface area contributed by atoms with Crippen LogP contribution in [0, 0.1) is 23.7 Å². The van der Waals surface area contributed by atoms with Gasteiger partial charge in [-0.15, -0.1) is 0 Å². The van der Waals surface area contributed by atoms with Crippen molar-refractivity contribution < 1.29 is 28.9 Å². The molecule has 0 aromatic heterocycles. The number of halogens is 2. The minimum absolute atomic E-state index is 0.0697. The number of rotatable bonds is 14. The Balaban J connectivity index is 2.46. The molecule has 3 N–H and O–H groups in total. The number of hydrogen-bond acceptors (Lipinski definition) is 3. The highest BCUT2D eigenvalue weighted by Crippen LogP contribution is 2.43. The van der Waals surface area contributed by atoms with Crippen molar-refractivity contribution in [1.29, 1.82) is 0 Å². The van der Waals surface area contributed by atoms with Gasteiger partial charge in [-0.05, 0) is 55.8 Å². The van der Waals surface area contributed by atoms with Crippen molar-refractivity contribution in [2.75, 3.05) is 0 Å². The molecule has 0 bridgehead atoms. The lowest BCUT2D eigenvalue weighted by Gasteiger charge is -2.29. The summed E-state index contributed by atoms with van der Waals surface area (Å²) in [4.78, 5) is 10.5. The van der Waals surface area contributed by atoms with Crippen LogP contribution in [0.2, 0.25) is 0 Å². The second kappa shape index (κ2) is 12.1. The fourth-order valence-corrected chi connectivity index (χ4v) is 4.66. The number of carbonyl (C=O) groups is 1. The first-order valence-electron chi connectivity index (χ1n) is 11.0. The highest BCUT2D eigenvalue weighted by Gasteiger charge is 2.43. The topological polar surface area (TPSA) is 77.8 Å². The summed E-state index contributed by atoms with van der Waals surface area (Å²) in [5, 5.41) is 29.1. The van der Waals surface area contributed by atoms with Gasteiger partial charge >= 0.3 is 5.97 Å². The van der Waals surface area contributed by atoms with Gasteiger partial charge in [-0.25, -0.2) is 8.78 Å². The Hall–Kier alpha value is -0.750. The van der Waals surface area contributed by atoms with Crippen LogP contribution in [0.3, 0.4) is 0 Å². The predicted octanol–water partition coefficient (Wildman–Crippen LogP) is 5.26. The highest BCUT2D eigenvalue weighted by molar-refractivity contribution is 5.66. The quantitative estimate of drug-likeness (QED) is 0.344. The molecule has 0 amide bonds. The van der Waals surface area contributed by atoms with E-state index in [0.29, 0.717) is 25.7 Å². The maximum absolute atomic E-state index is 14.2. The van der Waals surface area contributed by atoms with Crippen LogP contribution in [0.15, 0.2) is 0 Å². The average molecular weight is 407 g/mol. The summed E-state index contributed by atoms with van der Waals surface area (Å²) in [5.74, 6) is -3.44. The zero-order chi connectivity index (χ0) is 21.3. The minimum Gasteiger partial charge on any atom is -0.481 e. The molecule has 0 aromatic carbocycles. The number of carboxylic acid groups (broad SMARTS) is 1. The smallest absolute Gasteiger partial charge is 0.303 e. The first kappa shape index (κ1) is 25.3. The van der Waals surface area contributed by atoms with Crippen molar-refractivity contribution in [1.82, 2.24) is 0 Å². The molecule has 6 heteroatoms. The number of aliphatic hydroxyl groups is 2. The number of unbranched alkanes of at least 4 members (excludes halogenated alkanes) is 3. The summed E-state index contributed by atoms with van der Waals surface area (Å²) in [6.07, 6.45) is 4.01. The van der Waals surface area contributed by atoms with Crippen LogP contribution in [-0.4, -0.2) is 39.4 Å². The fourth-order valence-electron chi connectivity index (χ4n) is 4.66. The van der Waals surface area contributed by atoms with Gasteiger partial charge in [-0.3, -0.25) is 4.79 Å². The number of aliphatic hydroxyl groups excluding tert-OH is 2. The lowest BCUT2D eigenvalue weighted by molar-refractivity contribution is -0.137. The standard InChI is InChI=1S/C22H40F2O4/c1-4-15(2)14-22(23,24)20(26)12-11-17-16(3)13-19(25)18(17)9-7-5-6-8-10-21(27)28/h15-20,25-26H,4-14H2,1-3H3,(H,27,28)/t15-,16+,17-,18+,19-,20?/m0/s1. The van der Waals surface area contributed by atoms with Crippen molar-refractivity contribution in [3.8, 4) is 0 Å². The Morgan fingerprint density at radius 1 is 1.14 bits per heavy atom. The number of alkyl halides is 2. The van der Waals surface area contributed by atoms with Crippen LogP contribution in [0.4, 0.5) is 8.78 Å². The molecule has 1 saturated carbocycles. The third kappa shape index (κ3) is 8.32. The van der Waals surface area contributed by atoms with Gasteiger partial charge in [0.2, 0.25) is 0 Å². The van der Waals surface area contributed by atoms with Crippen LogP contribution < -0.4 is 0 Å². The summed E-state index contributed by atoms with van der Waals surface area (Å²) in [6, 6.07) is 0. The molecule has 6 atom stereocenters. The molecule has 166 valence electrons. The molecule has 1 unspecified atom stereocenters. The van der Waals surface area contributed by atoms with Gasteiger partial charge in [0.15, 0.2) is 0 Å². The molecule has 0 heterocycles. The fraction of sp³-hybridized carbons (Fsp3) is 0.955. The molecule has 1 aliphatic carbocycles. The second-order valence-electron chi connectivity index (χ2n) is 9.03. The van der Waals surface area contributed by atoms with E-state index in [9.17, 15) is 23.8 Å². The lowest BCUT2D eigenvalue weighted by Crippen LogP contribution is -2.36. The van der Waals surface area contributed by atoms with Gasteiger partial charge in [0, 0.05) is 12.8 Å². The van der Waals surface area contributed by atoms with Gasteiger partial charge in [-0.1, -0.05) is 46.5 Å². The van der Waals surface area contributed by atoms with E-state index >= 15 is 0 Å². The molecule has 4 nitrogen and oxygen atoms in total. The summed E-state index contributed by atoms with van der Waals surface area (Å²) in [6.45, 7) is 5.72. The number of carboxylic acids is 1. The van der Waals surface area contributed by atoms with Crippen LogP contribution in [0.5, 0.6) is 0 Å². The van der Waals surface area contributed by atoms with Crippen LogP contribution in [0.25, 0.3) is 0 Å². The Kier molecular flexibility index (Phi) is 10.9. The monoisotopic (exact) mass is 406 g/mol. The molecule has 0 saturated heterocycles. The van der Waals surface area contributed by atoms with Crippen molar-refractivity contribution in [2.24, 2.45) is 23.7 Å². The van der Waals surface area contributed by atoms with E-state index in [1.54, 1.807) is 6.92 Å². The maximum atomic E-state index is 14.2. The maximum Gasteiger partial charge on any atom is 0.303 e. The molecular weight excluding hydrogens is 366 g/mol. The largest absolute Gasteiger partial charge is 0.481 e. The first-order valence-corrected chi connectivity index (χ1v) is 11.0. The van der Waals surface area contributed by atoms with Gasteiger partial charge in [0.1, 0.15) is 6.10 Å². The summed E-state index contributed by atoms with van der Waals surface area (Å²) in [5.41, 5.74) is 0. The molecule has 0 radical (unpaired) electrons. The zero-order valence-electron chi connectivity index (χ0n) is 17.7. The van der Waals surface area contributed by atoms with E-state index in [-0.39, 0.29) is 42.9 Å². The van der Waals surface area contributed by atoms with Crippen molar-refractivity contribution in [3.63, 3.8) is 0 Å². The van der Waals surface area contributed by atoms with E-state index in [4.69, 9.17) is 5.11 Å². The lowest BCUT2D eigenvalue weighted by atomic mass is 9.81. The summed E-state index contributed by atoms with van der Waals surface area (Å²) in [7, 11) is 0. The normalized spacial score (nSPS) is 27.7. The first-order chi connectivity index (χ1) is 13.1. The number of hydrogen-bond donors (Lipinski definition) is 3. The Morgan fingerprint density at radius 2 is 1.79 bits per heavy atom. The van der Waals surface area contributed by atoms with Gasteiger partial charge in [0.05, 0.1) is 6.10 Å². The van der Waals surface area contributed by atoms with E-state index in [1.807, 2.05) is 6.92 Å². The Bertz CT molecular complexity index is 458. The van der Waals surface area contributed by atoms with E-state index in [2.05, 4.69) is 6.92 Å². The highest BCUT2D eigenvalue weighted by atomic mass is 19.3. The SMILES string of the molecule is CC[C@H](C)CC(F)(F)C(O)CC[C@@H]1[C@@H](CCCCCCC(=O)O)[C@@H](O)C[C@H]1C. The average Bonchev–Trinajstić information content (AvgIpc) is 2.87. The third-order valence-corrected chi connectivity index (χ3v) is 6.64. The number of aliphatic carboxylic acids is 1. The third-order valence-electron chi connectivity index (χ3n) is 6.64. The molecule has 1 fully saturated rings. The van der Waals surface area contributed by atoms with Crippen molar-refractivity contribution >= 4 is 5.97 Å². The van der Waals surface area contributed by atoms with Gasteiger partial charge < -0.3 is 15.3 Å². The van der Waals surface area contributed by atoms with E-state index in [0.717, 1.165) is 25.7 Å². The molecule has 1 aliphatic rings. The Morgan fingerprint density at radius 3 is 2.39 bits per heavy atom. The zero-order valence-corrected chi connectivity index (χ0v) is 17.7. The molecule has 28 heavy (non-hydrogen) atoms. The van der Waals surface area contributed by atoms with Crippen LogP contribution in [-0.2, 0) is 4.79 Å². The van der Waals surface area contributed by atoms with Crippen LogP contribution in [0.1, 0.15) is 91.4 Å². The molecule has 1 rings (SSSR count). The minimum atomic E-state index is -3.06. The van der Waals surface area contributed by atoms with Crippen molar-refractivity contribution in [3.05, 3.63) is 0 Å². The van der Waals surface area contributed by atoms with Crippen molar-refractivity contribution in [2.45, 2.75) is 110 Å². The van der Waals surface area contributed by atoms with Crippen LogP contribution >= 0.6 is 0 Å². The van der Waals surface area contributed by atoms with E-state index < -0.39 is 24.1 Å². The van der Waals surface area contributed by atoms with Gasteiger partial charge in [0.25, 0.3) is 5.92 Å². The summed E-state index contributed by atoms with van der Waals surface area (Å²) >= 11 is 0. The molecule has 0 aromatic rings. The second-order valence-corrected chi connectivity index (χ2v) is 9.03. The molecular formula is C22H40F2O4. The summed E-state index contributed by atoms with van der Waals surface area (Å²) < 4.78 is 28.5. The molecule has 0 aliphatic heterocycles. The van der Waals surface area contributed by atoms with E-state index in [1.165, 1.54) is 0 Å².